The molecule has 2 aromatic heterocycles. The van der Waals surface area contributed by atoms with Gasteiger partial charge in [0.15, 0.2) is 11.5 Å². The van der Waals surface area contributed by atoms with Gasteiger partial charge in [0.1, 0.15) is 18.1 Å². The number of carbonyl (C=O) groups is 1. The SMILES string of the molecule is COC(CCn1cnc2c(N)ncnc21)CN(C(C)C)C1CC(C=O)C1. The Hall–Kier alpha value is -2.06. The molecule has 0 aliphatic heterocycles. The van der Waals surface area contributed by atoms with Gasteiger partial charge in [-0.1, -0.05) is 0 Å². The van der Waals surface area contributed by atoms with Crippen molar-refractivity contribution in [2.75, 3.05) is 19.4 Å². The number of aryl methyl sites for hydroxylation is 1. The van der Waals surface area contributed by atoms with Gasteiger partial charge in [0.05, 0.1) is 12.4 Å². The summed E-state index contributed by atoms with van der Waals surface area (Å²) in [5.74, 6) is 0.627. The normalized spacial score (nSPS) is 21.3. The van der Waals surface area contributed by atoms with Gasteiger partial charge in [-0.15, -0.1) is 0 Å². The summed E-state index contributed by atoms with van der Waals surface area (Å²) in [6, 6.07) is 0.899. The van der Waals surface area contributed by atoms with Gasteiger partial charge in [-0.3, -0.25) is 4.90 Å². The zero-order valence-corrected chi connectivity index (χ0v) is 15.7. The van der Waals surface area contributed by atoms with E-state index in [0.717, 1.165) is 44.3 Å². The molecule has 1 aliphatic rings. The second-order valence-corrected chi connectivity index (χ2v) is 7.33. The molecule has 1 aliphatic carbocycles. The lowest BCUT2D eigenvalue weighted by molar-refractivity contribution is -0.116. The first-order valence-corrected chi connectivity index (χ1v) is 9.18. The van der Waals surface area contributed by atoms with E-state index in [-0.39, 0.29) is 12.0 Å². The van der Waals surface area contributed by atoms with Gasteiger partial charge in [-0.2, -0.15) is 0 Å². The number of aromatic nitrogens is 4. The second-order valence-electron chi connectivity index (χ2n) is 7.33. The number of aldehydes is 1. The zero-order chi connectivity index (χ0) is 18.7. The van der Waals surface area contributed by atoms with Crippen molar-refractivity contribution in [3.05, 3.63) is 12.7 Å². The maximum atomic E-state index is 10.9. The van der Waals surface area contributed by atoms with Gasteiger partial charge in [0.2, 0.25) is 0 Å². The van der Waals surface area contributed by atoms with Crippen molar-refractivity contribution >= 4 is 23.3 Å². The standard InChI is InChI=1S/C18H28N6O2/c1-12(2)24(14-6-13(7-14)9-25)8-15(26-3)4-5-23-11-22-16-17(19)20-10-21-18(16)23/h9-15H,4-8H2,1-3H3,(H2,19,20,21). The molecule has 0 radical (unpaired) electrons. The highest BCUT2D eigenvalue weighted by atomic mass is 16.5. The van der Waals surface area contributed by atoms with Crippen LogP contribution in [0.3, 0.4) is 0 Å². The molecule has 2 heterocycles. The van der Waals surface area contributed by atoms with Crippen molar-refractivity contribution in [2.24, 2.45) is 5.92 Å². The molecule has 8 nitrogen and oxygen atoms in total. The van der Waals surface area contributed by atoms with Gasteiger partial charge >= 0.3 is 0 Å². The molecule has 2 N–H and O–H groups in total. The number of nitrogen functional groups attached to an aromatic ring is 1. The van der Waals surface area contributed by atoms with Gasteiger partial charge in [0.25, 0.3) is 0 Å². The lowest BCUT2D eigenvalue weighted by Gasteiger charge is -2.44. The maximum Gasteiger partial charge on any atom is 0.165 e. The van der Waals surface area contributed by atoms with Crippen LogP contribution in [0.5, 0.6) is 0 Å². The third-order valence-corrected chi connectivity index (χ3v) is 5.34. The Labute approximate surface area is 153 Å². The number of hydrogen-bond acceptors (Lipinski definition) is 7. The number of carbonyl (C=O) groups excluding carboxylic acids is 1. The van der Waals surface area contributed by atoms with E-state index in [1.807, 2.05) is 4.57 Å². The van der Waals surface area contributed by atoms with Gasteiger partial charge in [-0.25, -0.2) is 15.0 Å². The monoisotopic (exact) mass is 360 g/mol. The average molecular weight is 360 g/mol. The van der Waals surface area contributed by atoms with Crippen molar-refractivity contribution in [1.82, 2.24) is 24.4 Å². The lowest BCUT2D eigenvalue weighted by atomic mass is 9.79. The number of nitrogens with two attached hydrogens (primary N) is 1. The number of nitrogens with zero attached hydrogens (tertiary/aromatic N) is 5. The maximum absolute atomic E-state index is 10.9. The highest BCUT2D eigenvalue weighted by Crippen LogP contribution is 2.31. The minimum Gasteiger partial charge on any atom is -0.382 e. The molecule has 0 amide bonds. The lowest BCUT2D eigenvalue weighted by Crippen LogP contribution is -2.51. The molecular weight excluding hydrogens is 332 g/mol. The number of methoxy groups -OCH3 is 1. The van der Waals surface area contributed by atoms with Crippen molar-refractivity contribution in [3.63, 3.8) is 0 Å². The van der Waals surface area contributed by atoms with E-state index in [9.17, 15) is 4.79 Å². The quantitative estimate of drug-likeness (QED) is 0.677. The number of fused-ring (bicyclic) bond motifs is 1. The van der Waals surface area contributed by atoms with Crippen molar-refractivity contribution in [3.8, 4) is 0 Å². The van der Waals surface area contributed by atoms with Gasteiger partial charge in [-0.05, 0) is 33.1 Å². The first-order valence-electron chi connectivity index (χ1n) is 9.18. The number of ether oxygens (including phenoxy) is 1. The Bertz CT molecular complexity index is 740. The molecule has 3 rings (SSSR count). The third-order valence-electron chi connectivity index (χ3n) is 5.34. The topological polar surface area (TPSA) is 99.2 Å². The Kier molecular flexibility index (Phi) is 5.83. The second kappa shape index (κ2) is 8.09. The first-order chi connectivity index (χ1) is 12.5. The zero-order valence-electron chi connectivity index (χ0n) is 15.7. The number of hydrogen-bond donors (Lipinski definition) is 1. The van der Waals surface area contributed by atoms with Crippen molar-refractivity contribution in [2.45, 2.75) is 57.8 Å². The molecule has 0 spiro atoms. The van der Waals surface area contributed by atoms with Crippen LogP contribution in [0.25, 0.3) is 11.2 Å². The van der Waals surface area contributed by atoms with Gasteiger partial charge < -0.3 is 19.8 Å². The molecular formula is C18H28N6O2. The van der Waals surface area contributed by atoms with Crippen LogP contribution >= 0.6 is 0 Å². The molecule has 142 valence electrons. The molecule has 0 bridgehead atoms. The van der Waals surface area contributed by atoms with E-state index in [1.165, 1.54) is 6.33 Å². The third kappa shape index (κ3) is 3.86. The fourth-order valence-electron chi connectivity index (χ4n) is 3.66. The predicted octanol–water partition coefficient (Wildman–Crippen LogP) is 1.50. The Balaban J connectivity index is 1.61. The van der Waals surface area contributed by atoms with Crippen LogP contribution in [0.4, 0.5) is 5.82 Å². The Morgan fingerprint density at radius 3 is 2.81 bits per heavy atom. The fraction of sp³-hybridized carbons (Fsp3) is 0.667. The Morgan fingerprint density at radius 1 is 1.38 bits per heavy atom. The van der Waals surface area contributed by atoms with Crippen LogP contribution in [0.15, 0.2) is 12.7 Å². The molecule has 8 heteroatoms. The minimum atomic E-state index is 0.101. The molecule has 2 aromatic rings. The van der Waals surface area contributed by atoms with Crippen molar-refractivity contribution < 1.29 is 9.53 Å². The molecule has 0 saturated heterocycles. The fourth-order valence-corrected chi connectivity index (χ4v) is 3.66. The molecule has 0 aromatic carbocycles. The summed E-state index contributed by atoms with van der Waals surface area (Å²) in [5.41, 5.74) is 7.23. The van der Waals surface area contributed by atoms with E-state index in [2.05, 4.69) is 33.7 Å². The van der Waals surface area contributed by atoms with E-state index >= 15 is 0 Å². The summed E-state index contributed by atoms with van der Waals surface area (Å²) in [7, 11) is 1.75. The first kappa shape index (κ1) is 18.7. The minimum absolute atomic E-state index is 0.101. The molecule has 1 unspecified atom stereocenters. The summed E-state index contributed by atoms with van der Waals surface area (Å²) in [6.45, 7) is 6.00. The number of anilines is 1. The molecule has 26 heavy (non-hydrogen) atoms. The van der Waals surface area contributed by atoms with Crippen LogP contribution in [-0.2, 0) is 16.1 Å². The van der Waals surface area contributed by atoms with Crippen LogP contribution in [0.1, 0.15) is 33.1 Å². The predicted molar refractivity (Wildman–Crippen MR) is 99.6 cm³/mol. The molecule has 1 fully saturated rings. The van der Waals surface area contributed by atoms with Crippen LogP contribution in [-0.4, -0.2) is 62.5 Å². The number of rotatable bonds is 9. The van der Waals surface area contributed by atoms with Crippen LogP contribution in [0, 0.1) is 5.92 Å². The molecule has 1 saturated carbocycles. The molecule has 1 atom stereocenters. The summed E-state index contributed by atoms with van der Waals surface area (Å²) >= 11 is 0. The average Bonchev–Trinajstić information content (AvgIpc) is 3.00. The Morgan fingerprint density at radius 2 is 2.15 bits per heavy atom. The van der Waals surface area contributed by atoms with E-state index in [1.54, 1.807) is 13.4 Å². The van der Waals surface area contributed by atoms with Crippen LogP contribution < -0.4 is 5.73 Å². The smallest absolute Gasteiger partial charge is 0.165 e. The van der Waals surface area contributed by atoms with E-state index in [0.29, 0.717) is 23.4 Å². The largest absolute Gasteiger partial charge is 0.382 e. The highest BCUT2D eigenvalue weighted by Gasteiger charge is 2.35. The van der Waals surface area contributed by atoms with Crippen molar-refractivity contribution in [1.29, 1.82) is 0 Å². The van der Waals surface area contributed by atoms with Crippen LogP contribution in [0.2, 0.25) is 0 Å². The summed E-state index contributed by atoms with van der Waals surface area (Å²) in [4.78, 5) is 25.9. The van der Waals surface area contributed by atoms with E-state index < -0.39 is 0 Å². The highest BCUT2D eigenvalue weighted by molar-refractivity contribution is 5.81. The summed E-state index contributed by atoms with van der Waals surface area (Å²) in [5, 5.41) is 0. The van der Waals surface area contributed by atoms with Gasteiger partial charge in [0, 0.05) is 38.2 Å². The summed E-state index contributed by atoms with van der Waals surface area (Å²) < 4.78 is 7.73. The summed E-state index contributed by atoms with van der Waals surface area (Å²) in [6.07, 6.45) is 7.16. The number of imidazole rings is 1. The van der Waals surface area contributed by atoms with E-state index in [4.69, 9.17) is 10.5 Å².